The Morgan fingerprint density at radius 1 is 0.907 bits per heavy atom. The van der Waals surface area contributed by atoms with Gasteiger partial charge in [-0.05, 0) is 79.8 Å². The van der Waals surface area contributed by atoms with Crippen LogP contribution in [0.1, 0.15) is 35.0 Å². The van der Waals surface area contributed by atoms with Crippen molar-refractivity contribution in [1.82, 2.24) is 20.2 Å². The number of amidine groups is 1. The number of thiophene rings is 1. The molecule has 0 saturated heterocycles. The highest BCUT2D eigenvalue weighted by Crippen LogP contribution is 2.49. The van der Waals surface area contributed by atoms with E-state index in [2.05, 4.69) is 67.8 Å². The Bertz CT molecular complexity index is 1740. The topological polar surface area (TPSA) is 117 Å². The van der Waals surface area contributed by atoms with Gasteiger partial charge < -0.3 is 10.6 Å². The maximum absolute atomic E-state index is 12.8. The molecule has 10 nitrogen and oxygen atoms in total. The number of fused-ring (bicyclic) bond motifs is 8. The Balaban J connectivity index is 1.12. The van der Waals surface area contributed by atoms with Crippen LogP contribution < -0.4 is 21.0 Å². The summed E-state index contributed by atoms with van der Waals surface area (Å²) in [6.07, 6.45) is 4.16. The zero-order valence-corrected chi connectivity index (χ0v) is 28.1. The summed E-state index contributed by atoms with van der Waals surface area (Å²) in [4.78, 5) is 29.0. The number of nitrogens with zero attached hydrogens (tertiary/aromatic N) is 5. The SMILES string of the molecule is O=C(CSC1=NNC2c3c(sc4c3CCCC4)-n3c(SCC(=O)Nc4ccc(Br)cc4)nnc3N12)Nc1ccc(Br)cc1. The molecule has 15 heteroatoms. The molecule has 4 aromatic rings. The number of rotatable bonds is 7. The molecule has 0 spiro atoms. The lowest BCUT2D eigenvalue weighted by Gasteiger charge is -2.31. The summed E-state index contributed by atoms with van der Waals surface area (Å²) in [6.45, 7) is 0. The lowest BCUT2D eigenvalue weighted by molar-refractivity contribution is -0.114. The van der Waals surface area contributed by atoms with Crippen LogP contribution in [0.2, 0.25) is 0 Å². The van der Waals surface area contributed by atoms with E-state index in [0.29, 0.717) is 16.3 Å². The van der Waals surface area contributed by atoms with E-state index >= 15 is 0 Å². The van der Waals surface area contributed by atoms with Gasteiger partial charge in [0, 0.05) is 30.8 Å². The van der Waals surface area contributed by atoms with Crippen molar-refractivity contribution < 1.29 is 9.59 Å². The van der Waals surface area contributed by atoms with E-state index in [1.165, 1.54) is 45.9 Å². The molecule has 7 rings (SSSR count). The number of carbonyl (C=O) groups excluding carboxylic acids is 2. The van der Waals surface area contributed by atoms with Crippen LogP contribution in [-0.2, 0) is 22.4 Å². The molecule has 3 aliphatic rings. The van der Waals surface area contributed by atoms with Crippen molar-refractivity contribution in [2.24, 2.45) is 5.10 Å². The normalized spacial score (nSPS) is 16.4. The number of aryl methyl sites for hydroxylation is 1. The molecule has 1 unspecified atom stereocenters. The predicted octanol–water partition coefficient (Wildman–Crippen LogP) is 6.53. The maximum atomic E-state index is 12.8. The minimum atomic E-state index is -0.222. The highest BCUT2D eigenvalue weighted by Gasteiger charge is 2.44. The van der Waals surface area contributed by atoms with E-state index in [-0.39, 0.29) is 29.5 Å². The fourth-order valence-corrected chi connectivity index (χ4v) is 8.78. The first-order valence-electron chi connectivity index (χ1n) is 13.5. The molecule has 1 atom stereocenters. The standard InChI is InChI=1S/C28H24Br2N8O2S3/c29-15-5-9-17(10-6-15)31-21(39)13-41-27-35-33-24-23-19-3-1-2-4-20(19)43-25(23)38-26(37(24)27)34-36-28(38)42-14-22(40)32-18-11-7-16(30)8-12-18/h5-12,24,33H,1-4,13-14H2,(H,31,39)(H,32,40). The second-order valence-electron chi connectivity index (χ2n) is 10.0. The number of halogens is 2. The van der Waals surface area contributed by atoms with Crippen LogP contribution in [0.3, 0.4) is 0 Å². The number of nitrogens with one attached hydrogen (secondary N) is 3. The average molecular weight is 761 g/mol. The van der Waals surface area contributed by atoms with Gasteiger partial charge >= 0.3 is 0 Å². The van der Waals surface area contributed by atoms with Gasteiger partial charge in [-0.3, -0.25) is 19.9 Å². The lowest BCUT2D eigenvalue weighted by atomic mass is 9.94. The fourth-order valence-electron chi connectivity index (χ4n) is 5.27. The number of hydrogen-bond acceptors (Lipinski definition) is 10. The third-order valence-corrected chi connectivity index (χ3v) is 11.4. The molecule has 2 aliphatic heterocycles. The minimum absolute atomic E-state index is 0.124. The molecule has 4 heterocycles. The lowest BCUT2D eigenvalue weighted by Crippen LogP contribution is -2.38. The van der Waals surface area contributed by atoms with Gasteiger partial charge in [-0.2, -0.15) is 5.10 Å². The van der Waals surface area contributed by atoms with Gasteiger partial charge in [0.1, 0.15) is 5.00 Å². The Kier molecular flexibility index (Phi) is 8.24. The molecule has 0 radical (unpaired) electrons. The van der Waals surface area contributed by atoms with E-state index in [9.17, 15) is 9.59 Å². The molecule has 0 saturated carbocycles. The van der Waals surface area contributed by atoms with Gasteiger partial charge in [-0.25, -0.2) is 4.57 Å². The largest absolute Gasteiger partial charge is 0.325 e. The molecule has 0 bridgehead atoms. The number of anilines is 3. The predicted molar refractivity (Wildman–Crippen MR) is 180 cm³/mol. The molecular formula is C28H24Br2N8O2S3. The quantitative estimate of drug-likeness (QED) is 0.182. The van der Waals surface area contributed by atoms with E-state index < -0.39 is 0 Å². The van der Waals surface area contributed by atoms with Gasteiger partial charge in [-0.15, -0.1) is 21.5 Å². The molecule has 43 heavy (non-hydrogen) atoms. The van der Waals surface area contributed by atoms with Gasteiger partial charge in [0.15, 0.2) is 16.5 Å². The number of amides is 2. The van der Waals surface area contributed by atoms with Crippen molar-refractivity contribution in [3.8, 4) is 5.00 Å². The second kappa shape index (κ2) is 12.3. The fraction of sp³-hybridized carbons (Fsp3) is 0.250. The van der Waals surface area contributed by atoms with E-state index in [1.54, 1.807) is 11.3 Å². The van der Waals surface area contributed by atoms with E-state index in [0.717, 1.165) is 44.6 Å². The second-order valence-corrected chi connectivity index (χ2v) is 14.8. The number of carbonyl (C=O) groups is 2. The third kappa shape index (κ3) is 5.84. The molecule has 220 valence electrons. The summed E-state index contributed by atoms with van der Waals surface area (Å²) in [7, 11) is 0. The van der Waals surface area contributed by atoms with Crippen molar-refractivity contribution in [2.75, 3.05) is 27.0 Å². The first-order valence-corrected chi connectivity index (χ1v) is 17.9. The van der Waals surface area contributed by atoms with Gasteiger partial charge in [-0.1, -0.05) is 55.4 Å². The minimum Gasteiger partial charge on any atom is -0.325 e. The van der Waals surface area contributed by atoms with Crippen LogP contribution in [0.25, 0.3) is 5.00 Å². The number of thioether (sulfide) groups is 2. The van der Waals surface area contributed by atoms with Crippen LogP contribution in [0.4, 0.5) is 17.3 Å². The van der Waals surface area contributed by atoms with Gasteiger partial charge in [0.05, 0.1) is 11.5 Å². The Morgan fingerprint density at radius 2 is 1.53 bits per heavy atom. The summed E-state index contributed by atoms with van der Waals surface area (Å²) in [5, 5.41) is 22.0. The highest BCUT2D eigenvalue weighted by molar-refractivity contribution is 9.10. The summed E-state index contributed by atoms with van der Waals surface area (Å²) in [5.41, 5.74) is 7.34. The highest BCUT2D eigenvalue weighted by atomic mass is 79.9. The van der Waals surface area contributed by atoms with Crippen molar-refractivity contribution in [1.29, 1.82) is 0 Å². The van der Waals surface area contributed by atoms with Crippen molar-refractivity contribution in [3.63, 3.8) is 0 Å². The summed E-state index contributed by atoms with van der Waals surface area (Å²) in [6, 6.07) is 15.0. The van der Waals surface area contributed by atoms with Gasteiger partial charge in [0.25, 0.3) is 0 Å². The van der Waals surface area contributed by atoms with Crippen LogP contribution in [0.15, 0.2) is 67.7 Å². The first kappa shape index (κ1) is 28.9. The van der Waals surface area contributed by atoms with Crippen molar-refractivity contribution in [2.45, 2.75) is 37.0 Å². The summed E-state index contributed by atoms with van der Waals surface area (Å²) < 4.78 is 3.95. The monoisotopic (exact) mass is 758 g/mol. The number of aromatic nitrogens is 3. The molecular weight excluding hydrogens is 736 g/mol. The molecule has 2 amide bonds. The zero-order valence-electron chi connectivity index (χ0n) is 22.5. The Hall–Kier alpha value is -2.85. The molecule has 1 aliphatic carbocycles. The van der Waals surface area contributed by atoms with Crippen LogP contribution in [0, 0.1) is 0 Å². The number of benzene rings is 2. The van der Waals surface area contributed by atoms with Crippen LogP contribution >= 0.6 is 66.7 Å². The van der Waals surface area contributed by atoms with E-state index in [4.69, 9.17) is 0 Å². The third-order valence-electron chi connectivity index (χ3n) is 7.17. The number of hydrazone groups is 1. The van der Waals surface area contributed by atoms with Crippen molar-refractivity contribution in [3.05, 3.63) is 73.5 Å². The summed E-state index contributed by atoms with van der Waals surface area (Å²) >= 11 is 11.3. The summed E-state index contributed by atoms with van der Waals surface area (Å²) in [5.74, 6) is 0.735. The van der Waals surface area contributed by atoms with Crippen LogP contribution in [-0.4, -0.2) is 43.3 Å². The molecule has 3 N–H and O–H groups in total. The molecule has 0 fully saturated rings. The smallest absolute Gasteiger partial charge is 0.241 e. The Morgan fingerprint density at radius 3 is 2.21 bits per heavy atom. The molecule has 2 aromatic heterocycles. The molecule has 2 aromatic carbocycles. The zero-order chi connectivity index (χ0) is 29.5. The Labute approximate surface area is 276 Å². The van der Waals surface area contributed by atoms with Crippen molar-refractivity contribution >= 4 is 101 Å². The van der Waals surface area contributed by atoms with Gasteiger partial charge in [0.2, 0.25) is 17.8 Å². The maximum Gasteiger partial charge on any atom is 0.241 e. The number of hydrogen-bond donors (Lipinski definition) is 3. The van der Waals surface area contributed by atoms with E-state index in [1.807, 2.05) is 53.4 Å². The van der Waals surface area contributed by atoms with Crippen LogP contribution in [0.5, 0.6) is 0 Å². The average Bonchev–Trinajstić information content (AvgIpc) is 3.72. The first-order chi connectivity index (χ1) is 20.9.